The monoisotopic (exact) mass is 178 g/mol. The standard InChI is InChI=1S/C8H10N4O/c1-12-8-6(7(9)11-12)5(13-2)3-4-10-8/h3-4H,1-2H3,(H2,9,11). The topological polar surface area (TPSA) is 66.0 Å². The minimum Gasteiger partial charge on any atom is -0.496 e. The van der Waals surface area contributed by atoms with Crippen molar-refractivity contribution in [2.24, 2.45) is 7.05 Å². The van der Waals surface area contributed by atoms with Gasteiger partial charge in [0.25, 0.3) is 0 Å². The van der Waals surface area contributed by atoms with E-state index in [1.54, 1.807) is 31.1 Å². The lowest BCUT2D eigenvalue weighted by Gasteiger charge is -2.00. The number of nitrogens with zero attached hydrogens (tertiary/aromatic N) is 3. The van der Waals surface area contributed by atoms with Crippen LogP contribution < -0.4 is 10.5 Å². The van der Waals surface area contributed by atoms with Gasteiger partial charge in [-0.05, 0) is 6.07 Å². The number of hydrogen-bond acceptors (Lipinski definition) is 4. The van der Waals surface area contributed by atoms with Gasteiger partial charge in [0.1, 0.15) is 11.1 Å². The second-order valence-electron chi connectivity index (χ2n) is 2.72. The van der Waals surface area contributed by atoms with Crippen LogP contribution in [0.25, 0.3) is 11.0 Å². The Kier molecular flexibility index (Phi) is 1.58. The van der Waals surface area contributed by atoms with Crippen LogP contribution in [0.3, 0.4) is 0 Å². The summed E-state index contributed by atoms with van der Waals surface area (Å²) < 4.78 is 6.78. The number of hydrogen-bond donors (Lipinski definition) is 1. The van der Waals surface area contributed by atoms with E-state index < -0.39 is 0 Å². The first-order valence-electron chi connectivity index (χ1n) is 3.85. The van der Waals surface area contributed by atoms with E-state index in [4.69, 9.17) is 10.5 Å². The van der Waals surface area contributed by atoms with Crippen LogP contribution in [0.1, 0.15) is 0 Å². The van der Waals surface area contributed by atoms with Gasteiger partial charge in [0.2, 0.25) is 0 Å². The number of aryl methyl sites for hydroxylation is 1. The Bertz CT molecular complexity index is 449. The molecule has 2 N–H and O–H groups in total. The maximum atomic E-state index is 5.70. The molecule has 2 aromatic heterocycles. The zero-order valence-corrected chi connectivity index (χ0v) is 7.48. The minimum absolute atomic E-state index is 0.447. The molecule has 0 aliphatic carbocycles. The van der Waals surface area contributed by atoms with E-state index in [-0.39, 0.29) is 0 Å². The maximum absolute atomic E-state index is 5.70. The molecule has 0 aliphatic heterocycles. The lowest BCUT2D eigenvalue weighted by Crippen LogP contribution is -1.92. The van der Waals surface area contributed by atoms with E-state index in [9.17, 15) is 0 Å². The molecular weight excluding hydrogens is 168 g/mol. The third kappa shape index (κ3) is 1.00. The molecule has 0 bridgehead atoms. The second-order valence-corrected chi connectivity index (χ2v) is 2.72. The summed E-state index contributed by atoms with van der Waals surface area (Å²) in [6, 6.07) is 1.76. The summed E-state index contributed by atoms with van der Waals surface area (Å²) in [7, 11) is 3.40. The highest BCUT2D eigenvalue weighted by molar-refractivity contribution is 5.92. The van der Waals surface area contributed by atoms with Gasteiger partial charge in [-0.25, -0.2) is 9.67 Å². The fourth-order valence-electron chi connectivity index (χ4n) is 1.35. The van der Waals surface area contributed by atoms with Gasteiger partial charge in [0.05, 0.1) is 7.11 Å². The summed E-state index contributed by atoms with van der Waals surface area (Å²) in [5.74, 6) is 1.15. The number of fused-ring (bicyclic) bond motifs is 1. The number of anilines is 1. The fraction of sp³-hybridized carbons (Fsp3) is 0.250. The third-order valence-corrected chi connectivity index (χ3v) is 1.93. The van der Waals surface area contributed by atoms with Gasteiger partial charge >= 0.3 is 0 Å². The van der Waals surface area contributed by atoms with Crippen molar-refractivity contribution in [3.05, 3.63) is 12.3 Å². The molecule has 2 aromatic rings. The van der Waals surface area contributed by atoms with Crippen LogP contribution in [-0.2, 0) is 7.05 Å². The minimum atomic E-state index is 0.447. The first kappa shape index (κ1) is 7.85. The number of ether oxygens (including phenoxy) is 1. The van der Waals surface area contributed by atoms with Crippen LogP contribution >= 0.6 is 0 Å². The predicted octanol–water partition coefficient (Wildman–Crippen LogP) is 0.559. The molecule has 2 heterocycles. The zero-order chi connectivity index (χ0) is 9.42. The smallest absolute Gasteiger partial charge is 0.163 e. The number of aromatic nitrogens is 3. The molecule has 0 unspecified atom stereocenters. The Morgan fingerprint density at radius 3 is 3.00 bits per heavy atom. The number of nitrogens with two attached hydrogens (primary N) is 1. The molecule has 5 heteroatoms. The number of rotatable bonds is 1. The molecule has 0 aromatic carbocycles. The predicted molar refractivity (Wildman–Crippen MR) is 49.5 cm³/mol. The lowest BCUT2D eigenvalue weighted by molar-refractivity contribution is 0.419. The van der Waals surface area contributed by atoms with Crippen molar-refractivity contribution in [1.82, 2.24) is 14.8 Å². The van der Waals surface area contributed by atoms with Gasteiger partial charge < -0.3 is 10.5 Å². The Balaban J connectivity index is 2.88. The summed E-state index contributed by atoms with van der Waals surface area (Å²) in [6.07, 6.45) is 1.67. The SMILES string of the molecule is COc1ccnc2c1c(N)nn2C. The molecule has 0 aliphatic rings. The van der Waals surface area contributed by atoms with Crippen molar-refractivity contribution in [3.63, 3.8) is 0 Å². The fourth-order valence-corrected chi connectivity index (χ4v) is 1.35. The van der Waals surface area contributed by atoms with Gasteiger partial charge in [-0.2, -0.15) is 5.10 Å². The van der Waals surface area contributed by atoms with Crippen LogP contribution in [0.4, 0.5) is 5.82 Å². The molecule has 2 rings (SSSR count). The summed E-state index contributed by atoms with van der Waals surface area (Å²) in [4.78, 5) is 4.15. The quantitative estimate of drug-likeness (QED) is 0.692. The summed E-state index contributed by atoms with van der Waals surface area (Å²) >= 11 is 0. The van der Waals surface area contributed by atoms with Crippen LogP contribution in [0, 0.1) is 0 Å². The summed E-state index contributed by atoms with van der Waals surface area (Å²) in [5, 5.41) is 4.82. The molecule has 5 nitrogen and oxygen atoms in total. The van der Waals surface area contributed by atoms with Crippen LogP contribution in [0.15, 0.2) is 12.3 Å². The lowest BCUT2D eigenvalue weighted by atomic mass is 10.3. The molecule has 68 valence electrons. The van der Waals surface area contributed by atoms with Gasteiger partial charge in [0, 0.05) is 13.2 Å². The van der Waals surface area contributed by atoms with E-state index in [1.807, 2.05) is 0 Å². The molecule has 13 heavy (non-hydrogen) atoms. The van der Waals surface area contributed by atoms with E-state index in [0.29, 0.717) is 11.6 Å². The normalized spacial score (nSPS) is 10.6. The van der Waals surface area contributed by atoms with Gasteiger partial charge in [0.15, 0.2) is 11.5 Å². The van der Waals surface area contributed by atoms with E-state index in [0.717, 1.165) is 11.0 Å². The molecule has 0 spiro atoms. The highest BCUT2D eigenvalue weighted by Crippen LogP contribution is 2.27. The third-order valence-electron chi connectivity index (χ3n) is 1.93. The van der Waals surface area contributed by atoms with Crippen LogP contribution in [0.5, 0.6) is 5.75 Å². The number of nitrogen functional groups attached to an aromatic ring is 1. The Morgan fingerprint density at radius 2 is 2.31 bits per heavy atom. The highest BCUT2D eigenvalue weighted by atomic mass is 16.5. The van der Waals surface area contributed by atoms with Crippen molar-refractivity contribution in [1.29, 1.82) is 0 Å². The summed E-state index contributed by atoms with van der Waals surface area (Å²) in [6.45, 7) is 0. The van der Waals surface area contributed by atoms with Crippen LogP contribution in [0.2, 0.25) is 0 Å². The largest absolute Gasteiger partial charge is 0.496 e. The van der Waals surface area contributed by atoms with Crippen molar-refractivity contribution in [2.75, 3.05) is 12.8 Å². The van der Waals surface area contributed by atoms with Crippen molar-refractivity contribution < 1.29 is 4.74 Å². The van der Waals surface area contributed by atoms with Crippen LogP contribution in [-0.4, -0.2) is 21.9 Å². The molecule has 0 radical (unpaired) electrons. The molecule has 0 fully saturated rings. The second kappa shape index (κ2) is 2.62. The van der Waals surface area contributed by atoms with Gasteiger partial charge in [-0.15, -0.1) is 0 Å². The molecule has 0 atom stereocenters. The Morgan fingerprint density at radius 1 is 1.54 bits per heavy atom. The van der Waals surface area contributed by atoms with E-state index in [1.165, 1.54) is 0 Å². The molecule has 0 saturated carbocycles. The number of methoxy groups -OCH3 is 1. The average Bonchev–Trinajstić information content (AvgIpc) is 2.43. The molecule has 0 amide bonds. The van der Waals surface area contributed by atoms with Gasteiger partial charge in [-0.3, -0.25) is 0 Å². The van der Waals surface area contributed by atoms with Crippen molar-refractivity contribution in [2.45, 2.75) is 0 Å². The van der Waals surface area contributed by atoms with E-state index >= 15 is 0 Å². The Labute approximate surface area is 75.1 Å². The maximum Gasteiger partial charge on any atom is 0.163 e. The van der Waals surface area contributed by atoms with Gasteiger partial charge in [-0.1, -0.05) is 0 Å². The first-order chi connectivity index (χ1) is 6.24. The zero-order valence-electron chi connectivity index (χ0n) is 7.48. The van der Waals surface area contributed by atoms with Crippen molar-refractivity contribution >= 4 is 16.9 Å². The number of pyridine rings is 1. The van der Waals surface area contributed by atoms with Crippen molar-refractivity contribution in [3.8, 4) is 5.75 Å². The summed E-state index contributed by atoms with van der Waals surface area (Å²) in [5.41, 5.74) is 6.43. The first-order valence-corrected chi connectivity index (χ1v) is 3.85. The molecule has 0 saturated heterocycles. The Hall–Kier alpha value is -1.78. The highest BCUT2D eigenvalue weighted by Gasteiger charge is 2.10. The van der Waals surface area contributed by atoms with E-state index in [2.05, 4.69) is 10.1 Å². The molecular formula is C8H10N4O. The average molecular weight is 178 g/mol.